The van der Waals surface area contributed by atoms with E-state index in [2.05, 4.69) is 0 Å². The van der Waals surface area contributed by atoms with Crippen molar-refractivity contribution in [3.05, 3.63) is 0 Å². The highest BCUT2D eigenvalue weighted by Crippen LogP contribution is 2.30. The number of carbonyl (C=O) groups excluding carboxylic acids is 1. The maximum atomic E-state index is 11.8. The number of ether oxygens (including phenoxy) is 2. The van der Waals surface area contributed by atoms with Crippen molar-refractivity contribution in [2.75, 3.05) is 13.7 Å². The molecule has 15 heavy (non-hydrogen) atoms. The smallest absolute Gasteiger partial charge is 0.313 e. The number of rotatable bonds is 5. The van der Waals surface area contributed by atoms with Crippen molar-refractivity contribution < 1.29 is 14.3 Å². The van der Waals surface area contributed by atoms with Crippen LogP contribution in [0.15, 0.2) is 0 Å². The van der Waals surface area contributed by atoms with E-state index in [4.69, 9.17) is 15.2 Å². The van der Waals surface area contributed by atoms with Crippen LogP contribution in [0.2, 0.25) is 0 Å². The Morgan fingerprint density at radius 3 is 2.13 bits per heavy atom. The highest BCUT2D eigenvalue weighted by molar-refractivity contribution is 5.77. The standard InChI is InChI=1S/C11H23NO3/c1-8(7-14-6)15-9(13)10(2,3)11(4,5)12/h8H,7,12H2,1-6H3. The fourth-order valence-corrected chi connectivity index (χ4v) is 0.862. The molecule has 0 rings (SSSR count). The third-order valence-electron chi connectivity index (χ3n) is 2.83. The van der Waals surface area contributed by atoms with Crippen molar-refractivity contribution in [1.82, 2.24) is 0 Å². The molecule has 0 bridgehead atoms. The highest BCUT2D eigenvalue weighted by atomic mass is 16.6. The Labute approximate surface area is 92.1 Å². The molecule has 4 heteroatoms. The first-order valence-electron chi connectivity index (χ1n) is 5.12. The molecule has 0 fully saturated rings. The lowest BCUT2D eigenvalue weighted by molar-refractivity contribution is -0.164. The largest absolute Gasteiger partial charge is 0.460 e. The molecule has 4 nitrogen and oxygen atoms in total. The summed E-state index contributed by atoms with van der Waals surface area (Å²) >= 11 is 0. The third kappa shape index (κ3) is 3.80. The zero-order chi connectivity index (χ0) is 12.3. The Balaban J connectivity index is 4.45. The molecule has 2 N–H and O–H groups in total. The molecule has 0 aromatic carbocycles. The average Bonchev–Trinajstić information content (AvgIpc) is 2.02. The van der Waals surface area contributed by atoms with Crippen LogP contribution in [-0.4, -0.2) is 31.3 Å². The maximum Gasteiger partial charge on any atom is 0.313 e. The van der Waals surface area contributed by atoms with Gasteiger partial charge in [-0.2, -0.15) is 0 Å². The summed E-state index contributed by atoms with van der Waals surface area (Å²) in [7, 11) is 1.57. The fraction of sp³-hybridized carbons (Fsp3) is 0.909. The Bertz CT molecular complexity index is 218. The van der Waals surface area contributed by atoms with Gasteiger partial charge in [0.2, 0.25) is 0 Å². The highest BCUT2D eigenvalue weighted by Gasteiger charge is 2.42. The van der Waals surface area contributed by atoms with Crippen LogP contribution in [0.4, 0.5) is 0 Å². The molecule has 0 aromatic heterocycles. The van der Waals surface area contributed by atoms with Crippen molar-refractivity contribution in [2.24, 2.45) is 11.1 Å². The van der Waals surface area contributed by atoms with Crippen molar-refractivity contribution in [1.29, 1.82) is 0 Å². The first-order valence-corrected chi connectivity index (χ1v) is 5.12. The Hall–Kier alpha value is -0.610. The number of hydrogen-bond acceptors (Lipinski definition) is 4. The molecule has 90 valence electrons. The van der Waals surface area contributed by atoms with Crippen molar-refractivity contribution in [2.45, 2.75) is 46.3 Å². The first kappa shape index (κ1) is 14.4. The summed E-state index contributed by atoms with van der Waals surface area (Å²) in [5, 5.41) is 0. The molecule has 0 aromatic rings. The minimum absolute atomic E-state index is 0.246. The second-order valence-electron chi connectivity index (χ2n) is 5.02. The van der Waals surface area contributed by atoms with Gasteiger partial charge in [-0.3, -0.25) is 4.79 Å². The van der Waals surface area contributed by atoms with Crippen LogP contribution in [0.25, 0.3) is 0 Å². The normalized spacial score (nSPS) is 14.9. The summed E-state index contributed by atoms with van der Waals surface area (Å²) in [5.74, 6) is -0.292. The quantitative estimate of drug-likeness (QED) is 0.706. The van der Waals surface area contributed by atoms with Crippen LogP contribution in [0.5, 0.6) is 0 Å². The lowest BCUT2D eigenvalue weighted by Gasteiger charge is -2.36. The van der Waals surface area contributed by atoms with E-state index in [1.165, 1.54) is 0 Å². The predicted octanol–water partition coefficient (Wildman–Crippen LogP) is 1.33. The van der Waals surface area contributed by atoms with Gasteiger partial charge in [-0.25, -0.2) is 0 Å². The van der Waals surface area contributed by atoms with Gasteiger partial charge in [0, 0.05) is 12.6 Å². The van der Waals surface area contributed by atoms with Crippen LogP contribution in [0.1, 0.15) is 34.6 Å². The van der Waals surface area contributed by atoms with E-state index in [1.807, 2.05) is 13.8 Å². The zero-order valence-corrected chi connectivity index (χ0v) is 10.6. The second-order valence-corrected chi connectivity index (χ2v) is 5.02. The number of methoxy groups -OCH3 is 1. The number of nitrogens with two attached hydrogens (primary N) is 1. The number of carbonyl (C=O) groups is 1. The van der Waals surface area contributed by atoms with E-state index in [0.717, 1.165) is 0 Å². The second kappa shape index (κ2) is 4.94. The third-order valence-corrected chi connectivity index (χ3v) is 2.83. The lowest BCUT2D eigenvalue weighted by Crippen LogP contribution is -2.53. The SMILES string of the molecule is COCC(C)OC(=O)C(C)(C)C(C)(C)N. The minimum Gasteiger partial charge on any atom is -0.460 e. The molecule has 0 aliphatic carbocycles. The van der Waals surface area contributed by atoms with E-state index >= 15 is 0 Å². The van der Waals surface area contributed by atoms with Gasteiger partial charge >= 0.3 is 5.97 Å². The molecule has 0 aliphatic rings. The molecule has 0 heterocycles. The fourth-order valence-electron chi connectivity index (χ4n) is 0.862. The molecule has 1 atom stereocenters. The van der Waals surface area contributed by atoms with Crippen LogP contribution in [0, 0.1) is 5.41 Å². The van der Waals surface area contributed by atoms with Crippen molar-refractivity contribution in [3.63, 3.8) is 0 Å². The van der Waals surface area contributed by atoms with Gasteiger partial charge < -0.3 is 15.2 Å². The molecule has 0 amide bonds. The zero-order valence-electron chi connectivity index (χ0n) is 10.6. The molecule has 0 saturated carbocycles. The summed E-state index contributed by atoms with van der Waals surface area (Å²) in [6, 6.07) is 0. The molecule has 1 unspecified atom stereocenters. The van der Waals surface area contributed by atoms with Crippen molar-refractivity contribution >= 4 is 5.97 Å². The van der Waals surface area contributed by atoms with Gasteiger partial charge in [0.15, 0.2) is 0 Å². The molecule has 0 radical (unpaired) electrons. The molecular formula is C11H23NO3. The van der Waals surface area contributed by atoms with Gasteiger partial charge in [-0.1, -0.05) is 0 Å². The van der Waals surface area contributed by atoms with Crippen LogP contribution in [0.3, 0.4) is 0 Å². The topological polar surface area (TPSA) is 61.5 Å². The monoisotopic (exact) mass is 217 g/mol. The van der Waals surface area contributed by atoms with Crippen LogP contribution in [-0.2, 0) is 14.3 Å². The van der Waals surface area contributed by atoms with Crippen LogP contribution >= 0.6 is 0 Å². The average molecular weight is 217 g/mol. The van der Waals surface area contributed by atoms with Crippen LogP contribution < -0.4 is 5.73 Å². The molecule has 0 aliphatic heterocycles. The Kier molecular flexibility index (Phi) is 4.74. The number of esters is 1. The summed E-state index contributed by atoms with van der Waals surface area (Å²) < 4.78 is 10.1. The summed E-state index contributed by atoms with van der Waals surface area (Å²) in [6.45, 7) is 9.39. The predicted molar refractivity (Wildman–Crippen MR) is 59.5 cm³/mol. The summed E-state index contributed by atoms with van der Waals surface area (Å²) in [5.41, 5.74) is 4.60. The Morgan fingerprint density at radius 1 is 1.33 bits per heavy atom. The van der Waals surface area contributed by atoms with E-state index in [1.54, 1.807) is 27.9 Å². The minimum atomic E-state index is -0.713. The summed E-state index contributed by atoms with van der Waals surface area (Å²) in [6.07, 6.45) is -0.246. The summed E-state index contributed by atoms with van der Waals surface area (Å²) in [4.78, 5) is 11.8. The lowest BCUT2D eigenvalue weighted by atomic mass is 9.75. The van der Waals surface area contributed by atoms with E-state index in [0.29, 0.717) is 6.61 Å². The molecule has 0 spiro atoms. The van der Waals surface area contributed by atoms with Gasteiger partial charge in [0.25, 0.3) is 0 Å². The maximum absolute atomic E-state index is 11.8. The van der Waals surface area contributed by atoms with Crippen molar-refractivity contribution in [3.8, 4) is 0 Å². The van der Waals surface area contributed by atoms with Gasteiger partial charge in [0.05, 0.1) is 12.0 Å². The molecular weight excluding hydrogens is 194 g/mol. The van der Waals surface area contributed by atoms with Gasteiger partial charge in [-0.05, 0) is 34.6 Å². The molecule has 0 saturated heterocycles. The van der Waals surface area contributed by atoms with E-state index in [9.17, 15) is 4.79 Å². The first-order chi connectivity index (χ1) is 6.63. The van der Waals surface area contributed by atoms with Gasteiger partial charge in [0.1, 0.15) is 6.10 Å². The Morgan fingerprint density at radius 2 is 1.80 bits per heavy atom. The number of hydrogen-bond donors (Lipinski definition) is 1. The van der Waals surface area contributed by atoms with E-state index < -0.39 is 11.0 Å². The van der Waals surface area contributed by atoms with E-state index in [-0.39, 0.29) is 12.1 Å². The van der Waals surface area contributed by atoms with Gasteiger partial charge in [-0.15, -0.1) is 0 Å².